The third kappa shape index (κ3) is 5.42. The fourth-order valence-electron chi connectivity index (χ4n) is 0.963. The van der Waals surface area contributed by atoms with E-state index < -0.39 is 0 Å². The van der Waals surface area contributed by atoms with Crippen LogP contribution in [0.5, 0.6) is 0 Å². The fourth-order valence-corrected chi connectivity index (χ4v) is 0.963. The summed E-state index contributed by atoms with van der Waals surface area (Å²) >= 11 is 0. The molecule has 1 aliphatic heterocycles. The third-order valence-electron chi connectivity index (χ3n) is 1.79. The highest BCUT2D eigenvalue weighted by molar-refractivity contribution is 5.51. The maximum absolute atomic E-state index is 9.93. The Labute approximate surface area is 79.0 Å². The van der Waals surface area contributed by atoms with Gasteiger partial charge in [0.25, 0.3) is 0 Å². The van der Waals surface area contributed by atoms with Gasteiger partial charge in [-0.15, -0.1) is 0 Å². The molecular formula is C9H18N2O2. The number of allylic oxidation sites excluding steroid dienone is 1. The number of nitrogens with two attached hydrogens (primary N) is 1. The number of rotatable bonds is 2. The Bertz CT molecular complexity index is 174. The Morgan fingerprint density at radius 3 is 2.54 bits per heavy atom. The average molecular weight is 186 g/mol. The van der Waals surface area contributed by atoms with Crippen LogP contribution >= 0.6 is 0 Å². The molecule has 13 heavy (non-hydrogen) atoms. The smallest absolute Gasteiger partial charge is 0.147 e. The predicted molar refractivity (Wildman–Crippen MR) is 51.3 cm³/mol. The molecule has 4 heteroatoms. The summed E-state index contributed by atoms with van der Waals surface area (Å²) in [7, 11) is 0. The second-order valence-electron chi connectivity index (χ2n) is 2.92. The molecule has 1 aliphatic rings. The molecule has 0 spiro atoms. The number of hydrogen-bond donors (Lipinski definition) is 2. The van der Waals surface area contributed by atoms with Gasteiger partial charge < -0.3 is 10.1 Å². The van der Waals surface area contributed by atoms with Gasteiger partial charge in [-0.3, -0.25) is 0 Å². The monoisotopic (exact) mass is 186 g/mol. The molecule has 0 aromatic rings. The predicted octanol–water partition coefficient (Wildman–Crippen LogP) is 0.450. The molecule has 3 N–H and O–H groups in total. The van der Waals surface area contributed by atoms with Crippen molar-refractivity contribution in [3.05, 3.63) is 5.70 Å². The van der Waals surface area contributed by atoms with Gasteiger partial charge in [0.1, 0.15) is 11.6 Å². The van der Waals surface area contributed by atoms with Gasteiger partial charge in [0.05, 0.1) is 0 Å². The van der Waals surface area contributed by atoms with Crippen molar-refractivity contribution in [3.8, 4) is 0 Å². The van der Waals surface area contributed by atoms with Gasteiger partial charge in [-0.25, -0.2) is 10.6 Å². The molecule has 1 rings (SSSR count). The molecule has 0 radical (unpaired) electrons. The van der Waals surface area contributed by atoms with E-state index in [1.807, 2.05) is 0 Å². The van der Waals surface area contributed by atoms with Crippen molar-refractivity contribution in [2.75, 3.05) is 13.2 Å². The lowest BCUT2D eigenvalue weighted by atomic mass is 10.3. The standard InChI is InChI=1S/C5H8N2O.C4H10O/c6-7-3-1-2-5(7)4-8;1-2-3-4-5/h1-3,6H2;5H,2-4H2,1H3. The first-order valence-corrected chi connectivity index (χ1v) is 4.63. The van der Waals surface area contributed by atoms with E-state index >= 15 is 0 Å². The maximum Gasteiger partial charge on any atom is 0.147 e. The second kappa shape index (κ2) is 7.80. The molecule has 1 saturated heterocycles. The molecule has 0 aromatic carbocycles. The van der Waals surface area contributed by atoms with Crippen LogP contribution in [0.2, 0.25) is 0 Å². The molecule has 0 bridgehead atoms. The minimum atomic E-state index is 0.344. The van der Waals surface area contributed by atoms with Crippen molar-refractivity contribution < 1.29 is 9.90 Å². The first kappa shape index (κ1) is 12.2. The van der Waals surface area contributed by atoms with Gasteiger partial charge in [0.2, 0.25) is 0 Å². The topological polar surface area (TPSA) is 66.6 Å². The molecule has 1 fully saturated rings. The van der Waals surface area contributed by atoms with E-state index in [1.165, 1.54) is 5.01 Å². The molecular weight excluding hydrogens is 168 g/mol. The Balaban J connectivity index is 0.000000252. The maximum atomic E-state index is 9.93. The Morgan fingerprint density at radius 2 is 2.38 bits per heavy atom. The van der Waals surface area contributed by atoms with Gasteiger partial charge in [0.15, 0.2) is 0 Å². The van der Waals surface area contributed by atoms with Crippen molar-refractivity contribution in [2.45, 2.75) is 32.6 Å². The average Bonchev–Trinajstić information content (AvgIpc) is 2.53. The molecule has 0 unspecified atom stereocenters. The lowest BCUT2D eigenvalue weighted by Crippen LogP contribution is -2.25. The lowest BCUT2D eigenvalue weighted by Gasteiger charge is -2.06. The Morgan fingerprint density at radius 1 is 1.69 bits per heavy atom. The summed E-state index contributed by atoms with van der Waals surface area (Å²) < 4.78 is 0. The molecule has 0 amide bonds. The van der Waals surface area contributed by atoms with E-state index in [0.717, 1.165) is 32.2 Å². The number of aliphatic hydroxyl groups excluding tert-OH is 1. The highest BCUT2D eigenvalue weighted by atomic mass is 16.2. The van der Waals surface area contributed by atoms with Crippen molar-refractivity contribution >= 4 is 5.94 Å². The van der Waals surface area contributed by atoms with Crippen molar-refractivity contribution in [1.29, 1.82) is 0 Å². The van der Waals surface area contributed by atoms with Crippen LogP contribution in [0, 0.1) is 0 Å². The highest BCUT2D eigenvalue weighted by Gasteiger charge is 2.12. The minimum Gasteiger partial charge on any atom is -0.396 e. The normalized spacial score (nSPS) is 15.0. The van der Waals surface area contributed by atoms with Crippen molar-refractivity contribution in [2.24, 2.45) is 5.84 Å². The SMILES string of the molecule is CCCCO.NN1CCCC1=C=O. The first-order chi connectivity index (χ1) is 6.26. The largest absolute Gasteiger partial charge is 0.396 e. The molecule has 1 heterocycles. The number of unbranched alkanes of at least 4 members (excludes halogenated alkanes) is 1. The number of hydrogen-bond acceptors (Lipinski definition) is 4. The minimum absolute atomic E-state index is 0.344. The molecule has 0 aliphatic carbocycles. The van der Waals surface area contributed by atoms with Crippen LogP contribution in [0.15, 0.2) is 5.70 Å². The zero-order chi connectivity index (χ0) is 10.1. The first-order valence-electron chi connectivity index (χ1n) is 4.63. The summed E-state index contributed by atoms with van der Waals surface area (Å²) in [6.45, 7) is 3.19. The van der Waals surface area contributed by atoms with E-state index in [9.17, 15) is 4.79 Å². The van der Waals surface area contributed by atoms with E-state index in [-0.39, 0.29) is 0 Å². The van der Waals surface area contributed by atoms with Gasteiger partial charge in [-0.05, 0) is 12.8 Å². The molecule has 0 atom stereocenters. The Kier molecular flexibility index (Phi) is 7.30. The zero-order valence-electron chi connectivity index (χ0n) is 8.12. The summed E-state index contributed by atoms with van der Waals surface area (Å²) in [6, 6.07) is 0. The Hall–Kier alpha value is -0.830. The molecule has 0 saturated carbocycles. The zero-order valence-corrected chi connectivity index (χ0v) is 8.12. The number of aliphatic hydroxyl groups is 1. The fraction of sp³-hybridized carbons (Fsp3) is 0.778. The van der Waals surface area contributed by atoms with Crippen LogP contribution in [-0.2, 0) is 4.79 Å². The van der Waals surface area contributed by atoms with Gasteiger partial charge >= 0.3 is 0 Å². The lowest BCUT2D eigenvalue weighted by molar-refractivity contribution is 0.287. The van der Waals surface area contributed by atoms with E-state index in [1.54, 1.807) is 5.94 Å². The third-order valence-corrected chi connectivity index (χ3v) is 1.79. The van der Waals surface area contributed by atoms with Crippen LogP contribution < -0.4 is 5.84 Å². The number of hydrazine groups is 1. The number of nitrogens with zero attached hydrogens (tertiary/aromatic N) is 1. The van der Waals surface area contributed by atoms with E-state index in [4.69, 9.17) is 10.9 Å². The second-order valence-corrected chi connectivity index (χ2v) is 2.92. The van der Waals surface area contributed by atoms with Gasteiger partial charge in [-0.1, -0.05) is 13.3 Å². The summed E-state index contributed by atoms with van der Waals surface area (Å²) in [6.07, 6.45) is 3.82. The van der Waals surface area contributed by atoms with Crippen molar-refractivity contribution in [3.63, 3.8) is 0 Å². The highest BCUT2D eigenvalue weighted by Crippen LogP contribution is 2.12. The van der Waals surface area contributed by atoms with Gasteiger partial charge in [0, 0.05) is 19.6 Å². The van der Waals surface area contributed by atoms with Crippen LogP contribution in [0.1, 0.15) is 32.6 Å². The molecule has 0 aromatic heterocycles. The van der Waals surface area contributed by atoms with Crippen LogP contribution in [0.3, 0.4) is 0 Å². The quantitative estimate of drug-likeness (QED) is 0.485. The van der Waals surface area contributed by atoms with Crippen LogP contribution in [0.4, 0.5) is 0 Å². The summed E-state index contributed by atoms with van der Waals surface area (Å²) in [4.78, 5) is 9.93. The van der Waals surface area contributed by atoms with Crippen LogP contribution in [-0.4, -0.2) is 29.2 Å². The molecule has 76 valence electrons. The van der Waals surface area contributed by atoms with E-state index in [2.05, 4.69) is 6.92 Å². The molecule has 4 nitrogen and oxygen atoms in total. The van der Waals surface area contributed by atoms with Crippen LogP contribution in [0.25, 0.3) is 0 Å². The number of carbonyl (C=O) groups excluding carboxylic acids is 1. The summed E-state index contributed by atoms with van der Waals surface area (Å²) in [5.41, 5.74) is 0.602. The van der Waals surface area contributed by atoms with E-state index in [0.29, 0.717) is 12.3 Å². The van der Waals surface area contributed by atoms with Crippen molar-refractivity contribution in [1.82, 2.24) is 5.01 Å². The summed E-state index contributed by atoms with van der Waals surface area (Å²) in [5.74, 6) is 7.10. The van der Waals surface area contributed by atoms with Gasteiger partial charge in [-0.2, -0.15) is 0 Å². The summed E-state index contributed by atoms with van der Waals surface area (Å²) in [5, 5.41) is 9.52.